The molecule has 13 heteroatoms. The first kappa shape index (κ1) is 20.9. The van der Waals surface area contributed by atoms with Gasteiger partial charge in [0.25, 0.3) is 0 Å². The fourth-order valence-corrected chi connectivity index (χ4v) is 0. The second-order valence-corrected chi connectivity index (χ2v) is 3.23. The van der Waals surface area contributed by atoms with Crippen molar-refractivity contribution in [2.75, 3.05) is 0 Å². The Morgan fingerprint density at radius 1 is 0.600 bits per heavy atom. The van der Waals surface area contributed by atoms with Gasteiger partial charge in [-0.3, -0.25) is 0 Å². The first-order valence-electron chi connectivity index (χ1n) is 2.21. The molecule has 15 heavy (non-hydrogen) atoms. The Bertz CT molecular complexity index is 264. The van der Waals surface area contributed by atoms with E-state index in [1.54, 1.807) is 0 Å². The smallest absolute Gasteiger partial charge is 0.373 e. The molecule has 0 saturated carbocycles. The minimum atomic E-state index is -5.08. The van der Waals surface area contributed by atoms with Crippen LogP contribution in [-0.2, 0) is 71.0 Å². The van der Waals surface area contributed by atoms with Gasteiger partial charge in [0.05, 0.1) is 0 Å². The Labute approximate surface area is 108 Å². The molecular weight excluding hydrogens is 355 g/mol. The van der Waals surface area contributed by atoms with Gasteiger partial charge in [-0.05, 0) is 0 Å². The van der Waals surface area contributed by atoms with Crippen LogP contribution in [0.5, 0.6) is 0 Å². The summed E-state index contributed by atoms with van der Waals surface area (Å²) in [6.45, 7) is 0. The zero-order valence-electron chi connectivity index (χ0n) is 6.29. The Kier molecular flexibility index (Phi) is 10.9. The zero-order valence-corrected chi connectivity index (χ0v) is 10.8. The maximum Gasteiger partial charge on any atom is 0.373 e. The standard InChI is InChI=1S/2CF3O2S.Y/c2*2-1(3,4)7(5)6;/q2*-1;. The third-order valence-electron chi connectivity index (χ3n) is 0.378. The summed E-state index contributed by atoms with van der Waals surface area (Å²) >= 11 is 0. The summed E-state index contributed by atoms with van der Waals surface area (Å²) in [7, 11) is -7.87. The topological polar surface area (TPSA) is 68.3 Å². The molecule has 0 fully saturated rings. The van der Waals surface area contributed by atoms with Crippen molar-refractivity contribution in [3.8, 4) is 0 Å². The van der Waals surface area contributed by atoms with Crippen LogP contribution in [-0.4, -0.2) is 11.0 Å². The van der Waals surface area contributed by atoms with E-state index in [4.69, 9.17) is 16.8 Å². The number of hydrogen-bond donors (Lipinski definition) is 0. The molecule has 0 aliphatic heterocycles. The minimum Gasteiger partial charge on any atom is -0.416 e. The van der Waals surface area contributed by atoms with Gasteiger partial charge < -0.3 is 16.8 Å². The van der Waals surface area contributed by atoms with Gasteiger partial charge in [-0.2, -0.15) is 26.3 Å². The van der Waals surface area contributed by atoms with E-state index in [2.05, 4.69) is 0 Å². The monoisotopic (exact) mass is 355 g/mol. The zero-order chi connectivity index (χ0) is 12.2. The molecule has 4 nitrogen and oxygen atoms in total. The summed E-state index contributed by atoms with van der Waals surface area (Å²) in [5.41, 5.74) is -10.2. The molecule has 0 aromatic rings. The van der Waals surface area contributed by atoms with Gasteiger partial charge in [0.1, 0.15) is 0 Å². The third-order valence-corrected chi connectivity index (χ3v) is 1.13. The normalized spacial score (nSPS) is 11.7. The van der Waals surface area contributed by atoms with Gasteiger partial charge in [0, 0.05) is 54.1 Å². The van der Waals surface area contributed by atoms with Crippen LogP contribution in [0.3, 0.4) is 0 Å². The second-order valence-electron chi connectivity index (χ2n) is 1.36. The van der Waals surface area contributed by atoms with Crippen LogP contribution in [0.2, 0.25) is 0 Å². The van der Waals surface area contributed by atoms with Crippen molar-refractivity contribution < 1.29 is 75.9 Å². The van der Waals surface area contributed by atoms with Crippen LogP contribution in [0.25, 0.3) is 0 Å². The Morgan fingerprint density at radius 2 is 0.667 bits per heavy atom. The van der Waals surface area contributed by atoms with Crippen LogP contribution in [0.1, 0.15) is 0 Å². The van der Waals surface area contributed by atoms with Crippen molar-refractivity contribution in [2.45, 2.75) is 11.0 Å². The van der Waals surface area contributed by atoms with E-state index in [0.29, 0.717) is 0 Å². The van der Waals surface area contributed by atoms with Crippen molar-refractivity contribution in [3.63, 3.8) is 0 Å². The van der Waals surface area contributed by atoms with Crippen LogP contribution in [0.15, 0.2) is 0 Å². The number of rotatable bonds is 0. The minimum absolute atomic E-state index is 0. The average molecular weight is 355 g/mol. The van der Waals surface area contributed by atoms with E-state index in [1.807, 2.05) is 0 Å². The molecule has 1 radical (unpaired) electrons. The van der Waals surface area contributed by atoms with Crippen LogP contribution in [0, 0.1) is 0 Å². The average Bonchev–Trinajstić information content (AvgIpc) is 1.83. The molecule has 0 bridgehead atoms. The largest absolute Gasteiger partial charge is 0.416 e. The fraction of sp³-hybridized carbons (Fsp3) is 1.00. The van der Waals surface area contributed by atoms with Gasteiger partial charge in [0.2, 0.25) is 0 Å². The molecule has 91 valence electrons. The van der Waals surface area contributed by atoms with Crippen LogP contribution in [0.4, 0.5) is 26.3 Å². The molecule has 0 atom stereocenters. The first-order chi connectivity index (χ1) is 5.89. The Hall–Kier alpha value is 0.584. The molecule has 0 aromatic carbocycles. The van der Waals surface area contributed by atoms with Crippen molar-refractivity contribution in [1.29, 1.82) is 0 Å². The second kappa shape index (κ2) is 7.79. The maximum atomic E-state index is 10.6. The Morgan fingerprint density at radius 3 is 0.667 bits per heavy atom. The SMILES string of the molecule is O=[S-](=O)C(F)(F)F.O=[S-](=O)C(F)(F)F.[Y]. The van der Waals surface area contributed by atoms with E-state index in [1.165, 1.54) is 0 Å². The Balaban J connectivity index is -0.000000180. The van der Waals surface area contributed by atoms with Crippen LogP contribution >= 0.6 is 0 Å². The van der Waals surface area contributed by atoms with E-state index < -0.39 is 32.4 Å². The third kappa shape index (κ3) is 14.6. The first-order valence-corrected chi connectivity index (χ1v) is 4.36. The van der Waals surface area contributed by atoms with E-state index in [0.717, 1.165) is 0 Å². The predicted octanol–water partition coefficient (Wildman–Crippen LogP) is 1.63. The molecule has 0 aromatic heterocycles. The summed E-state index contributed by atoms with van der Waals surface area (Å²) < 4.78 is 99.0. The quantitative estimate of drug-likeness (QED) is 0.489. The molecule has 0 saturated heterocycles. The van der Waals surface area contributed by atoms with E-state index >= 15 is 0 Å². The van der Waals surface area contributed by atoms with Gasteiger partial charge >= 0.3 is 11.0 Å². The molecule has 0 heterocycles. The summed E-state index contributed by atoms with van der Waals surface area (Å²) in [6, 6.07) is 0. The summed E-state index contributed by atoms with van der Waals surface area (Å²) in [5, 5.41) is 0. The van der Waals surface area contributed by atoms with Crippen molar-refractivity contribution >= 4 is 21.4 Å². The summed E-state index contributed by atoms with van der Waals surface area (Å²) in [4.78, 5) is 0. The summed E-state index contributed by atoms with van der Waals surface area (Å²) in [5.74, 6) is 0. The molecule has 0 N–H and O–H groups in total. The number of alkyl halides is 6. The predicted molar refractivity (Wildman–Crippen MR) is 29.6 cm³/mol. The van der Waals surface area contributed by atoms with Crippen molar-refractivity contribution in [2.24, 2.45) is 0 Å². The molecule has 0 unspecified atom stereocenters. The molecule has 0 amide bonds. The molecule has 0 aliphatic carbocycles. The van der Waals surface area contributed by atoms with Crippen LogP contribution < -0.4 is 0 Å². The van der Waals surface area contributed by atoms with Gasteiger partial charge in [-0.15, -0.1) is 0 Å². The van der Waals surface area contributed by atoms with E-state index in [9.17, 15) is 26.3 Å². The maximum absolute atomic E-state index is 10.6. The van der Waals surface area contributed by atoms with Gasteiger partial charge in [0.15, 0.2) is 0 Å². The molecule has 0 spiro atoms. The van der Waals surface area contributed by atoms with Crippen molar-refractivity contribution in [3.05, 3.63) is 0 Å². The fourth-order valence-electron chi connectivity index (χ4n) is 0. The molecule has 0 rings (SSSR count). The van der Waals surface area contributed by atoms with Gasteiger partial charge in [-0.25, -0.2) is 0 Å². The molecular formula is C2F6O4S2Y-2. The van der Waals surface area contributed by atoms with Gasteiger partial charge in [-0.1, -0.05) is 0 Å². The van der Waals surface area contributed by atoms with E-state index in [-0.39, 0.29) is 32.7 Å². The summed E-state index contributed by atoms with van der Waals surface area (Å²) in [6.07, 6.45) is 0. The number of halogens is 6. The van der Waals surface area contributed by atoms with Crippen molar-refractivity contribution in [1.82, 2.24) is 0 Å². The molecule has 0 aliphatic rings. The number of hydrogen-bond acceptors (Lipinski definition) is 6.